The van der Waals surface area contributed by atoms with E-state index in [0.29, 0.717) is 0 Å². The normalized spacial score (nSPS) is 15.3. The minimum Gasteiger partial charge on any atom is -0.365 e. The minimum atomic E-state index is 0.998. The quantitative estimate of drug-likeness (QED) is 0.735. The van der Waals surface area contributed by atoms with Crippen LogP contribution in [-0.4, -0.2) is 16.3 Å². The van der Waals surface area contributed by atoms with Gasteiger partial charge in [0.1, 0.15) is 0 Å². The smallest absolute Gasteiger partial charge is 0.0755 e. The molecule has 0 spiro atoms. The molecule has 1 aliphatic rings. The number of hydrogen-bond donors (Lipinski definition) is 0. The lowest BCUT2D eigenvalue weighted by molar-refractivity contribution is 0.756. The highest BCUT2D eigenvalue weighted by Gasteiger charge is 2.17. The highest BCUT2D eigenvalue weighted by atomic mass is 127. The van der Waals surface area contributed by atoms with Crippen molar-refractivity contribution in [3.8, 4) is 0 Å². The standard InChI is InChI=1S/C14H16IN3/c1-17-10-12(8-16-17)18-7-3-5-13-11(9-18)4-2-6-14(13)15/h2,4,6,8,10H,3,5,7,9H2,1H3. The van der Waals surface area contributed by atoms with Crippen LogP contribution in [0.1, 0.15) is 17.5 Å². The summed E-state index contributed by atoms with van der Waals surface area (Å²) in [5.74, 6) is 0. The number of aryl methyl sites for hydroxylation is 1. The molecule has 0 N–H and O–H groups in total. The number of fused-ring (bicyclic) bond motifs is 1. The van der Waals surface area contributed by atoms with E-state index in [0.717, 1.165) is 13.1 Å². The van der Waals surface area contributed by atoms with Crippen LogP contribution in [0.2, 0.25) is 0 Å². The molecule has 0 atom stereocenters. The summed E-state index contributed by atoms with van der Waals surface area (Å²) < 4.78 is 3.27. The number of anilines is 1. The number of rotatable bonds is 1. The van der Waals surface area contributed by atoms with Gasteiger partial charge in [-0.2, -0.15) is 5.10 Å². The van der Waals surface area contributed by atoms with Crippen LogP contribution in [0.25, 0.3) is 0 Å². The molecule has 3 nitrogen and oxygen atoms in total. The van der Waals surface area contributed by atoms with Crippen LogP contribution in [0.3, 0.4) is 0 Å². The van der Waals surface area contributed by atoms with Crippen LogP contribution in [0, 0.1) is 3.57 Å². The third-order valence-corrected chi connectivity index (χ3v) is 4.50. The molecule has 18 heavy (non-hydrogen) atoms. The van der Waals surface area contributed by atoms with Crippen LogP contribution in [-0.2, 0) is 20.0 Å². The van der Waals surface area contributed by atoms with Crippen molar-refractivity contribution in [3.05, 3.63) is 45.3 Å². The predicted molar refractivity (Wildman–Crippen MR) is 81.7 cm³/mol. The zero-order chi connectivity index (χ0) is 12.5. The summed E-state index contributed by atoms with van der Waals surface area (Å²) in [6.45, 7) is 2.11. The van der Waals surface area contributed by atoms with Gasteiger partial charge in [-0.1, -0.05) is 12.1 Å². The second-order valence-corrected chi connectivity index (χ2v) is 5.94. The topological polar surface area (TPSA) is 21.1 Å². The second-order valence-electron chi connectivity index (χ2n) is 4.77. The van der Waals surface area contributed by atoms with E-state index in [1.54, 1.807) is 0 Å². The molecule has 3 rings (SSSR count). The molecule has 0 amide bonds. The maximum Gasteiger partial charge on any atom is 0.0755 e. The van der Waals surface area contributed by atoms with Gasteiger partial charge < -0.3 is 4.90 Å². The van der Waals surface area contributed by atoms with E-state index in [-0.39, 0.29) is 0 Å². The van der Waals surface area contributed by atoms with E-state index in [9.17, 15) is 0 Å². The minimum absolute atomic E-state index is 0.998. The third-order valence-electron chi connectivity index (χ3n) is 3.49. The van der Waals surface area contributed by atoms with Crippen molar-refractivity contribution >= 4 is 28.3 Å². The molecule has 4 heteroatoms. The van der Waals surface area contributed by atoms with Gasteiger partial charge in [0.25, 0.3) is 0 Å². The molecule has 1 aromatic heterocycles. The van der Waals surface area contributed by atoms with Crippen molar-refractivity contribution < 1.29 is 0 Å². The molecule has 0 fully saturated rings. The van der Waals surface area contributed by atoms with Gasteiger partial charge in [-0.05, 0) is 52.6 Å². The average Bonchev–Trinajstić information content (AvgIpc) is 2.66. The summed E-state index contributed by atoms with van der Waals surface area (Å²) in [7, 11) is 1.97. The van der Waals surface area contributed by atoms with Gasteiger partial charge in [0.05, 0.1) is 11.9 Å². The first-order valence-corrected chi connectivity index (χ1v) is 7.32. The van der Waals surface area contributed by atoms with Crippen LogP contribution in [0.5, 0.6) is 0 Å². The molecule has 0 unspecified atom stereocenters. The van der Waals surface area contributed by atoms with Gasteiger partial charge in [0, 0.05) is 29.9 Å². The zero-order valence-electron chi connectivity index (χ0n) is 10.4. The van der Waals surface area contributed by atoms with Crippen molar-refractivity contribution in [2.75, 3.05) is 11.4 Å². The van der Waals surface area contributed by atoms with Crippen molar-refractivity contribution in [1.82, 2.24) is 9.78 Å². The lowest BCUT2D eigenvalue weighted by Gasteiger charge is -2.21. The summed E-state index contributed by atoms with van der Waals surface area (Å²) in [5.41, 5.74) is 4.22. The molecule has 2 heterocycles. The largest absolute Gasteiger partial charge is 0.365 e. The molecule has 94 valence electrons. The monoisotopic (exact) mass is 353 g/mol. The number of benzene rings is 1. The summed E-state index contributed by atoms with van der Waals surface area (Å²) >= 11 is 2.45. The van der Waals surface area contributed by atoms with Gasteiger partial charge >= 0.3 is 0 Å². The first-order chi connectivity index (χ1) is 8.74. The maximum absolute atomic E-state index is 4.27. The van der Waals surface area contributed by atoms with Gasteiger partial charge in [0.15, 0.2) is 0 Å². The molecule has 0 saturated heterocycles. The lowest BCUT2D eigenvalue weighted by Crippen LogP contribution is -2.21. The number of nitrogens with zero attached hydrogens (tertiary/aromatic N) is 3. The fourth-order valence-corrected chi connectivity index (χ4v) is 3.38. The molecule has 1 aromatic carbocycles. The van der Waals surface area contributed by atoms with Crippen LogP contribution in [0.15, 0.2) is 30.6 Å². The predicted octanol–water partition coefficient (Wildman–Crippen LogP) is 2.98. The van der Waals surface area contributed by atoms with Crippen LogP contribution in [0.4, 0.5) is 5.69 Å². The summed E-state index contributed by atoms with van der Waals surface area (Å²) in [4.78, 5) is 2.43. The molecule has 0 bridgehead atoms. The Bertz CT molecular complexity index is 562. The molecule has 2 aromatic rings. The molecular formula is C14H16IN3. The summed E-state index contributed by atoms with van der Waals surface area (Å²) in [6, 6.07) is 6.62. The van der Waals surface area contributed by atoms with E-state index in [1.165, 1.54) is 33.2 Å². The number of halogens is 1. The Morgan fingerprint density at radius 3 is 3.00 bits per heavy atom. The average molecular weight is 353 g/mol. The highest BCUT2D eigenvalue weighted by molar-refractivity contribution is 14.1. The second kappa shape index (κ2) is 4.91. The first-order valence-electron chi connectivity index (χ1n) is 6.24. The van der Waals surface area contributed by atoms with E-state index in [1.807, 2.05) is 17.9 Å². The Labute approximate surface area is 121 Å². The Balaban J connectivity index is 1.93. The number of hydrogen-bond acceptors (Lipinski definition) is 2. The van der Waals surface area contributed by atoms with Crippen molar-refractivity contribution in [2.45, 2.75) is 19.4 Å². The molecule has 0 saturated carbocycles. The summed E-state index contributed by atoms with van der Waals surface area (Å²) in [6.07, 6.45) is 6.45. The van der Waals surface area contributed by atoms with Crippen LogP contribution < -0.4 is 4.90 Å². The van der Waals surface area contributed by atoms with Gasteiger partial charge in [0.2, 0.25) is 0 Å². The van der Waals surface area contributed by atoms with Gasteiger partial charge in [-0.25, -0.2) is 0 Å². The highest BCUT2D eigenvalue weighted by Crippen LogP contribution is 2.26. The fraction of sp³-hybridized carbons (Fsp3) is 0.357. The van der Waals surface area contributed by atoms with E-state index >= 15 is 0 Å². The first kappa shape index (κ1) is 12.0. The Kier molecular flexibility index (Phi) is 3.28. The molecule has 0 radical (unpaired) electrons. The Morgan fingerprint density at radius 1 is 1.33 bits per heavy atom. The fourth-order valence-electron chi connectivity index (χ4n) is 2.55. The van der Waals surface area contributed by atoms with Crippen molar-refractivity contribution in [3.63, 3.8) is 0 Å². The SMILES string of the molecule is Cn1cc(N2CCCc3c(I)cccc3C2)cn1. The van der Waals surface area contributed by atoms with E-state index in [2.05, 4.69) is 57.0 Å². The molecular weight excluding hydrogens is 337 g/mol. The van der Waals surface area contributed by atoms with Crippen molar-refractivity contribution in [2.24, 2.45) is 7.05 Å². The zero-order valence-corrected chi connectivity index (χ0v) is 12.6. The lowest BCUT2D eigenvalue weighted by atomic mass is 10.0. The van der Waals surface area contributed by atoms with Gasteiger partial charge in [-0.15, -0.1) is 0 Å². The molecule has 1 aliphatic heterocycles. The summed E-state index contributed by atoms with van der Waals surface area (Å²) in [5, 5.41) is 4.27. The Hall–Kier alpha value is -1.04. The van der Waals surface area contributed by atoms with E-state index < -0.39 is 0 Å². The molecule has 0 aliphatic carbocycles. The van der Waals surface area contributed by atoms with Crippen molar-refractivity contribution in [1.29, 1.82) is 0 Å². The third kappa shape index (κ3) is 2.25. The maximum atomic E-state index is 4.27. The van der Waals surface area contributed by atoms with Gasteiger partial charge in [-0.3, -0.25) is 4.68 Å². The van der Waals surface area contributed by atoms with E-state index in [4.69, 9.17) is 0 Å². The Morgan fingerprint density at radius 2 is 2.22 bits per heavy atom. The number of aromatic nitrogens is 2. The van der Waals surface area contributed by atoms with Crippen LogP contribution >= 0.6 is 22.6 Å².